The lowest BCUT2D eigenvalue weighted by atomic mass is 10.1. The van der Waals surface area contributed by atoms with E-state index in [2.05, 4.69) is 54.8 Å². The normalized spacial score (nSPS) is 17.1. The molecule has 0 saturated carbocycles. The van der Waals surface area contributed by atoms with Crippen molar-refractivity contribution >= 4 is 11.0 Å². The summed E-state index contributed by atoms with van der Waals surface area (Å²) < 4.78 is 14.2. The fourth-order valence-corrected chi connectivity index (χ4v) is 3.72. The molecule has 2 aromatic carbocycles. The Bertz CT molecular complexity index is 894. The molecule has 136 valence electrons. The summed E-state index contributed by atoms with van der Waals surface area (Å²) in [6.45, 7) is 6.63. The number of para-hydroxylation sites is 2. The molecule has 0 amide bonds. The summed E-state index contributed by atoms with van der Waals surface area (Å²) in [7, 11) is 0. The number of imidazole rings is 1. The minimum absolute atomic E-state index is 0.127. The van der Waals surface area contributed by atoms with E-state index in [0.29, 0.717) is 6.61 Å². The minimum atomic E-state index is 0.127. The number of fused-ring (bicyclic) bond motifs is 1. The Kier molecular flexibility index (Phi) is 4.93. The maximum Gasteiger partial charge on any atom is 0.139 e. The number of hydrogen-bond donors (Lipinski definition) is 0. The van der Waals surface area contributed by atoms with Gasteiger partial charge in [-0.15, -0.1) is 0 Å². The molecule has 1 aliphatic heterocycles. The number of rotatable bonds is 6. The Morgan fingerprint density at radius 1 is 1.19 bits per heavy atom. The van der Waals surface area contributed by atoms with E-state index in [4.69, 9.17) is 14.5 Å². The molecule has 0 bridgehead atoms. The van der Waals surface area contributed by atoms with Crippen LogP contribution in [-0.2, 0) is 11.3 Å². The van der Waals surface area contributed by atoms with Gasteiger partial charge in [0.05, 0.1) is 17.6 Å². The first kappa shape index (κ1) is 17.1. The van der Waals surface area contributed by atoms with Gasteiger partial charge in [-0.25, -0.2) is 4.98 Å². The SMILES string of the molecule is Cc1ccc(OCCCn2c(C3CCCO3)nc3ccccc32)c(C)c1. The first-order valence-corrected chi connectivity index (χ1v) is 9.49. The van der Waals surface area contributed by atoms with Crippen molar-refractivity contribution in [2.75, 3.05) is 13.2 Å². The molecule has 1 unspecified atom stereocenters. The molecular formula is C22H26N2O2. The van der Waals surface area contributed by atoms with E-state index in [1.807, 2.05) is 6.07 Å². The summed E-state index contributed by atoms with van der Waals surface area (Å²) >= 11 is 0. The molecule has 26 heavy (non-hydrogen) atoms. The summed E-state index contributed by atoms with van der Waals surface area (Å²) in [6.07, 6.45) is 3.24. The fourth-order valence-electron chi connectivity index (χ4n) is 3.72. The van der Waals surface area contributed by atoms with Crippen molar-refractivity contribution in [2.45, 2.75) is 45.8 Å². The zero-order valence-corrected chi connectivity index (χ0v) is 15.6. The van der Waals surface area contributed by atoms with E-state index in [-0.39, 0.29) is 6.10 Å². The average molecular weight is 350 g/mol. The monoisotopic (exact) mass is 350 g/mol. The van der Waals surface area contributed by atoms with Crippen LogP contribution in [0, 0.1) is 13.8 Å². The maximum atomic E-state index is 6.00. The molecule has 1 saturated heterocycles. The topological polar surface area (TPSA) is 36.3 Å². The van der Waals surface area contributed by atoms with Gasteiger partial charge in [-0.1, -0.05) is 29.8 Å². The lowest BCUT2D eigenvalue weighted by Crippen LogP contribution is -2.11. The molecule has 4 nitrogen and oxygen atoms in total. The van der Waals surface area contributed by atoms with Crippen LogP contribution in [0.25, 0.3) is 11.0 Å². The molecule has 1 fully saturated rings. The summed E-state index contributed by atoms with van der Waals surface area (Å²) in [5.74, 6) is 2.04. The van der Waals surface area contributed by atoms with Gasteiger partial charge in [-0.3, -0.25) is 0 Å². The standard InChI is InChI=1S/C22H26N2O2/c1-16-10-11-20(17(2)15-16)25-14-6-12-24-19-8-4-3-7-18(19)23-22(24)21-9-5-13-26-21/h3-4,7-8,10-11,15,21H,5-6,9,12-14H2,1-2H3. The van der Waals surface area contributed by atoms with Crippen molar-refractivity contribution in [3.05, 3.63) is 59.4 Å². The molecule has 4 heteroatoms. The number of benzene rings is 2. The highest BCUT2D eigenvalue weighted by Gasteiger charge is 2.24. The summed E-state index contributed by atoms with van der Waals surface area (Å²) in [5, 5.41) is 0. The third-order valence-electron chi connectivity index (χ3n) is 5.02. The van der Waals surface area contributed by atoms with Crippen molar-refractivity contribution in [1.82, 2.24) is 9.55 Å². The highest BCUT2D eigenvalue weighted by atomic mass is 16.5. The minimum Gasteiger partial charge on any atom is -0.493 e. The summed E-state index contributed by atoms with van der Waals surface area (Å²) in [4.78, 5) is 4.85. The lowest BCUT2D eigenvalue weighted by molar-refractivity contribution is 0.102. The first-order valence-electron chi connectivity index (χ1n) is 9.49. The van der Waals surface area contributed by atoms with E-state index >= 15 is 0 Å². The number of nitrogens with zero attached hydrogens (tertiary/aromatic N) is 2. The summed E-state index contributed by atoms with van der Waals surface area (Å²) in [6, 6.07) is 14.7. The fraction of sp³-hybridized carbons (Fsp3) is 0.409. The van der Waals surface area contributed by atoms with E-state index < -0.39 is 0 Å². The van der Waals surface area contributed by atoms with Gasteiger partial charge in [0.15, 0.2) is 0 Å². The third-order valence-corrected chi connectivity index (χ3v) is 5.02. The van der Waals surface area contributed by atoms with Crippen LogP contribution in [0.15, 0.2) is 42.5 Å². The van der Waals surface area contributed by atoms with Crippen LogP contribution < -0.4 is 4.74 Å². The predicted molar refractivity (Wildman–Crippen MR) is 104 cm³/mol. The number of aromatic nitrogens is 2. The number of hydrogen-bond acceptors (Lipinski definition) is 3. The Morgan fingerprint density at radius 2 is 2.08 bits per heavy atom. The van der Waals surface area contributed by atoms with Crippen LogP contribution in [0.3, 0.4) is 0 Å². The smallest absolute Gasteiger partial charge is 0.139 e. The van der Waals surface area contributed by atoms with E-state index in [0.717, 1.165) is 49.5 Å². The van der Waals surface area contributed by atoms with Gasteiger partial charge in [-0.2, -0.15) is 0 Å². The number of aryl methyl sites for hydroxylation is 3. The lowest BCUT2D eigenvalue weighted by Gasteiger charge is -2.14. The molecule has 1 aliphatic rings. The molecule has 0 aliphatic carbocycles. The first-order chi connectivity index (χ1) is 12.7. The van der Waals surface area contributed by atoms with Crippen LogP contribution in [-0.4, -0.2) is 22.8 Å². The largest absolute Gasteiger partial charge is 0.493 e. The van der Waals surface area contributed by atoms with Gasteiger partial charge in [0.25, 0.3) is 0 Å². The molecule has 3 aromatic rings. The predicted octanol–water partition coefficient (Wildman–Crippen LogP) is 4.97. The third kappa shape index (κ3) is 3.47. The van der Waals surface area contributed by atoms with Crippen molar-refractivity contribution in [1.29, 1.82) is 0 Å². The van der Waals surface area contributed by atoms with Crippen molar-refractivity contribution in [3.63, 3.8) is 0 Å². The molecule has 1 aromatic heterocycles. The zero-order valence-electron chi connectivity index (χ0n) is 15.6. The summed E-state index contributed by atoms with van der Waals surface area (Å²) in [5.41, 5.74) is 4.69. The Hall–Kier alpha value is -2.33. The molecule has 0 N–H and O–H groups in total. The van der Waals surface area contributed by atoms with Crippen LogP contribution in [0.5, 0.6) is 5.75 Å². The molecule has 1 atom stereocenters. The maximum absolute atomic E-state index is 6.00. The van der Waals surface area contributed by atoms with Crippen LogP contribution in [0.2, 0.25) is 0 Å². The van der Waals surface area contributed by atoms with Crippen molar-refractivity contribution < 1.29 is 9.47 Å². The van der Waals surface area contributed by atoms with Gasteiger partial charge < -0.3 is 14.0 Å². The molecule has 0 radical (unpaired) electrons. The number of ether oxygens (including phenoxy) is 2. The van der Waals surface area contributed by atoms with Crippen LogP contribution >= 0.6 is 0 Å². The van der Waals surface area contributed by atoms with Gasteiger partial charge in [0.2, 0.25) is 0 Å². The molecule has 4 rings (SSSR count). The quantitative estimate of drug-likeness (QED) is 0.589. The second-order valence-electron chi connectivity index (χ2n) is 7.08. The molecule has 2 heterocycles. The molecular weight excluding hydrogens is 324 g/mol. The van der Waals surface area contributed by atoms with E-state index in [1.54, 1.807) is 0 Å². The van der Waals surface area contributed by atoms with Crippen molar-refractivity contribution in [3.8, 4) is 5.75 Å². The van der Waals surface area contributed by atoms with Crippen LogP contribution in [0.4, 0.5) is 0 Å². The highest BCUT2D eigenvalue weighted by molar-refractivity contribution is 5.76. The van der Waals surface area contributed by atoms with E-state index in [9.17, 15) is 0 Å². The molecule has 0 spiro atoms. The van der Waals surface area contributed by atoms with Crippen LogP contribution in [0.1, 0.15) is 42.3 Å². The van der Waals surface area contributed by atoms with Gasteiger partial charge in [-0.05, 0) is 56.9 Å². The average Bonchev–Trinajstić information content (AvgIpc) is 3.28. The Balaban J connectivity index is 1.47. The zero-order chi connectivity index (χ0) is 17.9. The Labute approximate surface area is 154 Å². The van der Waals surface area contributed by atoms with Crippen molar-refractivity contribution in [2.24, 2.45) is 0 Å². The van der Waals surface area contributed by atoms with Gasteiger partial charge in [0.1, 0.15) is 17.7 Å². The van der Waals surface area contributed by atoms with Gasteiger partial charge >= 0.3 is 0 Å². The highest BCUT2D eigenvalue weighted by Crippen LogP contribution is 2.30. The van der Waals surface area contributed by atoms with E-state index in [1.165, 1.54) is 16.6 Å². The second-order valence-corrected chi connectivity index (χ2v) is 7.08. The van der Waals surface area contributed by atoms with Gasteiger partial charge in [0, 0.05) is 13.2 Å². The Morgan fingerprint density at radius 3 is 2.88 bits per heavy atom. The second kappa shape index (κ2) is 7.50.